The van der Waals surface area contributed by atoms with Gasteiger partial charge in [0.2, 0.25) is 0 Å². The molecule has 52 valence electrons. The lowest BCUT2D eigenvalue weighted by molar-refractivity contribution is 0.581. The van der Waals surface area contributed by atoms with Crippen LogP contribution in [0.1, 0.15) is 0 Å². The summed E-state index contributed by atoms with van der Waals surface area (Å²) in [5.74, 6) is -0.477. The molecule has 1 aromatic rings. The van der Waals surface area contributed by atoms with Gasteiger partial charge < -0.3 is 0 Å². The van der Waals surface area contributed by atoms with E-state index in [1.807, 2.05) is 0 Å². The predicted octanol–water partition coefficient (Wildman–Crippen LogP) is 2.38. The molecule has 4 heteroatoms. The number of halogens is 2. The van der Waals surface area contributed by atoms with Gasteiger partial charge in [0.05, 0.1) is 4.47 Å². The van der Waals surface area contributed by atoms with Crippen molar-refractivity contribution in [3.05, 3.63) is 28.5 Å². The molecule has 0 radical (unpaired) electrons. The molecule has 0 aliphatic heterocycles. The Kier molecular flexibility index (Phi) is 2.45. The van der Waals surface area contributed by atoms with Crippen molar-refractivity contribution < 1.29 is 8.60 Å². The van der Waals surface area contributed by atoms with Crippen LogP contribution in [0.5, 0.6) is 0 Å². The monoisotopic (exact) mass is 221 g/mol. The Hall–Kier alpha value is -0.350. The predicted molar refractivity (Wildman–Crippen MR) is 40.4 cm³/mol. The van der Waals surface area contributed by atoms with Gasteiger partial charge in [-0.05, 0) is 28.1 Å². The molecule has 0 atom stereocenters. The molecule has 0 N–H and O–H groups in total. The molecular formula is C6H3BrFOS+. The highest BCUT2D eigenvalue weighted by Crippen LogP contribution is 2.19. The maximum Gasteiger partial charge on any atom is 0.509 e. The van der Waals surface area contributed by atoms with Gasteiger partial charge in [-0.3, -0.25) is 0 Å². The van der Waals surface area contributed by atoms with E-state index in [2.05, 4.69) is 15.9 Å². The van der Waals surface area contributed by atoms with E-state index in [1.165, 1.54) is 6.07 Å². The average Bonchev–Trinajstić information content (AvgIpc) is 1.88. The summed E-state index contributed by atoms with van der Waals surface area (Å²) < 4.78 is 23.3. The lowest BCUT2D eigenvalue weighted by Gasteiger charge is -1.84. The fourth-order valence-electron chi connectivity index (χ4n) is 0.562. The fraction of sp³-hybridized carbons (Fsp3) is 0. The van der Waals surface area contributed by atoms with Crippen LogP contribution in [0.3, 0.4) is 0 Å². The largest absolute Gasteiger partial charge is 0.509 e. The average molecular weight is 222 g/mol. The zero-order chi connectivity index (χ0) is 7.56. The van der Waals surface area contributed by atoms with E-state index >= 15 is 0 Å². The zero-order valence-corrected chi connectivity index (χ0v) is 7.21. The van der Waals surface area contributed by atoms with Gasteiger partial charge in [-0.1, -0.05) is 6.07 Å². The maximum atomic E-state index is 12.6. The molecular weight excluding hydrogens is 219 g/mol. The Bertz CT molecular complexity index is 244. The highest BCUT2D eigenvalue weighted by atomic mass is 79.9. The molecule has 0 bridgehead atoms. The van der Waals surface area contributed by atoms with Crippen LogP contribution >= 0.6 is 15.9 Å². The second-order valence-electron chi connectivity index (χ2n) is 1.63. The Labute approximate surface area is 69.9 Å². The van der Waals surface area contributed by atoms with Crippen LogP contribution in [0, 0.1) is 5.82 Å². The molecule has 0 spiro atoms. The van der Waals surface area contributed by atoms with Gasteiger partial charge in [0.1, 0.15) is 0 Å². The summed E-state index contributed by atoms with van der Waals surface area (Å²) in [6.07, 6.45) is 0. The molecule has 0 saturated heterocycles. The van der Waals surface area contributed by atoms with Gasteiger partial charge in [0.25, 0.3) is 0 Å². The van der Waals surface area contributed by atoms with Crippen molar-refractivity contribution in [2.75, 3.05) is 0 Å². The Morgan fingerprint density at radius 3 is 2.60 bits per heavy atom. The molecule has 0 fully saturated rings. The molecule has 0 aromatic heterocycles. The van der Waals surface area contributed by atoms with Gasteiger partial charge in [0, 0.05) is 4.21 Å². The van der Waals surface area contributed by atoms with E-state index in [0.29, 0.717) is 4.47 Å². The van der Waals surface area contributed by atoms with Gasteiger partial charge in [-0.2, -0.15) is 0 Å². The van der Waals surface area contributed by atoms with Crippen molar-refractivity contribution >= 4 is 27.6 Å². The highest BCUT2D eigenvalue weighted by molar-refractivity contribution is 9.10. The third-order valence-electron chi connectivity index (χ3n) is 1.00. The molecule has 0 amide bonds. The Morgan fingerprint density at radius 2 is 2.20 bits per heavy atom. The minimum Gasteiger partial charge on any atom is -0.201 e. The third-order valence-corrected chi connectivity index (χ3v) is 2.51. The smallest absolute Gasteiger partial charge is 0.201 e. The number of benzene rings is 1. The van der Waals surface area contributed by atoms with Crippen LogP contribution in [0.4, 0.5) is 4.39 Å². The van der Waals surface area contributed by atoms with Crippen LogP contribution in [0.25, 0.3) is 0 Å². The van der Waals surface area contributed by atoms with Gasteiger partial charge in [-0.15, -0.1) is 0 Å². The lowest BCUT2D eigenvalue weighted by atomic mass is 10.3. The zero-order valence-electron chi connectivity index (χ0n) is 4.80. The summed E-state index contributed by atoms with van der Waals surface area (Å²) >= 11 is 3.20. The number of hydrogen-bond donors (Lipinski definition) is 0. The van der Waals surface area contributed by atoms with Crippen LogP contribution < -0.4 is 0 Å². The minimum absolute atomic E-state index is 0.113. The molecule has 1 rings (SSSR count). The van der Waals surface area contributed by atoms with Crippen molar-refractivity contribution in [2.45, 2.75) is 4.90 Å². The summed E-state index contributed by atoms with van der Waals surface area (Å²) in [5, 5.41) is 0. The SMILES string of the molecule is O=[S+]c1c(F)cccc1Br. The molecule has 10 heavy (non-hydrogen) atoms. The van der Waals surface area contributed by atoms with Crippen LogP contribution in [0.2, 0.25) is 0 Å². The topological polar surface area (TPSA) is 17.1 Å². The van der Waals surface area contributed by atoms with Gasteiger partial charge in [0.15, 0.2) is 5.82 Å². The standard InChI is InChI=1S/C6H3BrFOS/c7-4-2-1-3-5(8)6(4)10-9/h1-3H/q+1. The number of rotatable bonds is 1. The summed E-state index contributed by atoms with van der Waals surface area (Å²) in [6, 6.07) is 4.42. The van der Waals surface area contributed by atoms with E-state index in [4.69, 9.17) is 0 Å². The molecule has 0 aliphatic carbocycles. The molecule has 0 saturated carbocycles. The van der Waals surface area contributed by atoms with Crippen molar-refractivity contribution in [3.63, 3.8) is 0 Å². The molecule has 1 nitrogen and oxygen atoms in total. The summed E-state index contributed by atoms with van der Waals surface area (Å²) in [4.78, 5) is 0.113. The Morgan fingerprint density at radius 1 is 1.50 bits per heavy atom. The third kappa shape index (κ3) is 1.38. The molecule has 1 aromatic carbocycles. The van der Waals surface area contributed by atoms with Gasteiger partial charge in [-0.25, -0.2) is 4.39 Å². The van der Waals surface area contributed by atoms with E-state index in [-0.39, 0.29) is 16.6 Å². The highest BCUT2D eigenvalue weighted by Gasteiger charge is 2.18. The summed E-state index contributed by atoms with van der Waals surface area (Å²) in [5.41, 5.74) is 0. The van der Waals surface area contributed by atoms with E-state index in [9.17, 15) is 8.60 Å². The second-order valence-corrected chi connectivity index (χ2v) is 3.06. The van der Waals surface area contributed by atoms with Crippen molar-refractivity contribution in [1.29, 1.82) is 0 Å². The normalized spacial score (nSPS) is 9.40. The minimum atomic E-state index is -0.477. The maximum absolute atomic E-state index is 12.6. The summed E-state index contributed by atoms with van der Waals surface area (Å²) in [6.45, 7) is 0. The van der Waals surface area contributed by atoms with Crippen molar-refractivity contribution in [1.82, 2.24) is 0 Å². The first-order valence-electron chi connectivity index (χ1n) is 2.49. The van der Waals surface area contributed by atoms with Crippen LogP contribution in [-0.2, 0) is 15.9 Å². The second kappa shape index (κ2) is 3.16. The van der Waals surface area contributed by atoms with Crippen molar-refractivity contribution in [2.24, 2.45) is 0 Å². The summed E-state index contributed by atoms with van der Waals surface area (Å²) in [7, 11) is 0. The molecule has 0 unspecified atom stereocenters. The molecule has 0 aliphatic rings. The van der Waals surface area contributed by atoms with E-state index in [0.717, 1.165) is 0 Å². The first kappa shape index (κ1) is 7.75. The van der Waals surface area contributed by atoms with Crippen LogP contribution in [0.15, 0.2) is 27.6 Å². The number of hydrogen-bond acceptors (Lipinski definition) is 1. The fourth-order valence-corrected chi connectivity index (χ4v) is 1.40. The van der Waals surface area contributed by atoms with Gasteiger partial charge >= 0.3 is 16.6 Å². The Balaban J connectivity index is 3.30. The van der Waals surface area contributed by atoms with Crippen LogP contribution in [-0.4, -0.2) is 0 Å². The van der Waals surface area contributed by atoms with Crippen molar-refractivity contribution in [3.8, 4) is 0 Å². The van der Waals surface area contributed by atoms with E-state index in [1.54, 1.807) is 12.1 Å². The lowest BCUT2D eigenvalue weighted by Crippen LogP contribution is -1.82. The van der Waals surface area contributed by atoms with E-state index < -0.39 is 5.82 Å². The first-order valence-corrected chi connectivity index (χ1v) is 4.03. The quantitative estimate of drug-likeness (QED) is 0.666. The molecule has 0 heterocycles. The first-order chi connectivity index (χ1) is 4.75.